The molecule has 0 amide bonds. The summed E-state index contributed by atoms with van der Waals surface area (Å²) in [4.78, 5) is 11.2. The van der Waals surface area contributed by atoms with Crippen molar-refractivity contribution in [1.29, 1.82) is 0 Å². The lowest BCUT2D eigenvalue weighted by atomic mass is 9.87. The lowest BCUT2D eigenvalue weighted by Gasteiger charge is -2.25. The van der Waals surface area contributed by atoms with Gasteiger partial charge in [-0.1, -0.05) is 40.0 Å². The number of carbonyl (C=O) groups is 1. The molecule has 4 heteroatoms. The number of hydrogen-bond donors (Lipinski definition) is 2. The number of esters is 1. The molecule has 114 valence electrons. The smallest absolute Gasteiger partial charge is 0.308 e. The topological polar surface area (TPSA) is 58.6 Å². The maximum atomic E-state index is 11.2. The van der Waals surface area contributed by atoms with Crippen LogP contribution in [-0.2, 0) is 9.53 Å². The van der Waals surface area contributed by atoms with Crippen LogP contribution >= 0.6 is 0 Å². The Bertz CT molecular complexity index is 242. The lowest BCUT2D eigenvalue weighted by Crippen LogP contribution is -2.35. The Morgan fingerprint density at radius 3 is 2.58 bits per heavy atom. The fourth-order valence-electron chi connectivity index (χ4n) is 2.00. The molecule has 0 heterocycles. The molecule has 0 aliphatic carbocycles. The maximum absolute atomic E-state index is 11.2. The minimum atomic E-state index is -0.662. The first-order valence-electron chi connectivity index (χ1n) is 7.45. The Labute approximate surface area is 117 Å². The van der Waals surface area contributed by atoms with Crippen LogP contribution in [0.2, 0.25) is 0 Å². The summed E-state index contributed by atoms with van der Waals surface area (Å²) in [7, 11) is 0. The summed E-state index contributed by atoms with van der Waals surface area (Å²) in [5.74, 6) is -0.334. The molecule has 0 aliphatic rings. The van der Waals surface area contributed by atoms with Gasteiger partial charge in [0, 0.05) is 13.1 Å². The predicted octanol–water partition coefficient (Wildman–Crippen LogP) is 2.50. The Hall–Kier alpha value is -0.610. The van der Waals surface area contributed by atoms with Crippen molar-refractivity contribution < 1.29 is 14.6 Å². The van der Waals surface area contributed by atoms with Crippen LogP contribution in [0.1, 0.15) is 59.8 Å². The number of aliphatic hydroxyl groups is 1. The second-order valence-electron chi connectivity index (χ2n) is 5.92. The summed E-state index contributed by atoms with van der Waals surface area (Å²) in [5.41, 5.74) is 0.235. The second kappa shape index (κ2) is 10.2. The molecule has 0 aromatic carbocycles. The maximum Gasteiger partial charge on any atom is 0.308 e. The van der Waals surface area contributed by atoms with Crippen LogP contribution in [0.25, 0.3) is 0 Å². The molecular weight excluding hydrogens is 242 g/mol. The summed E-state index contributed by atoms with van der Waals surface area (Å²) in [6.45, 7) is 10.1. The molecule has 0 fully saturated rings. The van der Waals surface area contributed by atoms with E-state index in [1.165, 1.54) is 25.7 Å². The molecule has 0 saturated carbocycles. The van der Waals surface area contributed by atoms with Gasteiger partial charge in [0.25, 0.3) is 0 Å². The van der Waals surface area contributed by atoms with Gasteiger partial charge in [0.15, 0.2) is 0 Å². The van der Waals surface area contributed by atoms with Crippen molar-refractivity contribution in [2.45, 2.75) is 65.9 Å². The quantitative estimate of drug-likeness (QED) is 0.448. The van der Waals surface area contributed by atoms with Crippen LogP contribution in [0.15, 0.2) is 0 Å². The van der Waals surface area contributed by atoms with Crippen molar-refractivity contribution in [3.63, 3.8) is 0 Å². The zero-order chi connectivity index (χ0) is 14.7. The van der Waals surface area contributed by atoms with E-state index in [1.807, 2.05) is 0 Å². The Kier molecular flexibility index (Phi) is 9.88. The van der Waals surface area contributed by atoms with Gasteiger partial charge in [-0.2, -0.15) is 0 Å². The minimum Gasteiger partial charge on any atom is -0.466 e. The number of aliphatic hydroxyl groups excluding tert-OH is 1. The molecule has 0 radical (unpaired) electrons. The summed E-state index contributed by atoms with van der Waals surface area (Å²) in [5, 5.41) is 12.9. The third kappa shape index (κ3) is 11.0. The molecule has 0 aliphatic heterocycles. The Morgan fingerprint density at radius 2 is 2.00 bits per heavy atom. The van der Waals surface area contributed by atoms with Crippen LogP contribution in [0, 0.1) is 5.41 Å². The van der Waals surface area contributed by atoms with E-state index in [0.717, 1.165) is 6.54 Å². The van der Waals surface area contributed by atoms with E-state index in [2.05, 4.69) is 26.1 Å². The minimum absolute atomic E-state index is 0.0666. The third-order valence-corrected chi connectivity index (χ3v) is 3.15. The normalized spacial score (nSPS) is 13.3. The van der Waals surface area contributed by atoms with Crippen molar-refractivity contribution >= 4 is 5.97 Å². The zero-order valence-corrected chi connectivity index (χ0v) is 13.0. The van der Waals surface area contributed by atoms with Crippen LogP contribution in [0.5, 0.6) is 0 Å². The molecule has 0 spiro atoms. The first-order chi connectivity index (χ1) is 8.91. The van der Waals surface area contributed by atoms with Gasteiger partial charge < -0.3 is 15.2 Å². The predicted molar refractivity (Wildman–Crippen MR) is 78.0 cm³/mol. The van der Waals surface area contributed by atoms with Crippen molar-refractivity contribution in [1.82, 2.24) is 5.32 Å². The number of unbranched alkanes of at least 4 members (excludes halogenated alkanes) is 2. The van der Waals surface area contributed by atoms with E-state index >= 15 is 0 Å². The van der Waals surface area contributed by atoms with Crippen LogP contribution in [0.4, 0.5) is 0 Å². The highest BCUT2D eigenvalue weighted by Gasteiger charge is 2.18. The molecular formula is C15H31NO3. The number of hydrogen-bond acceptors (Lipinski definition) is 4. The number of ether oxygens (including phenoxy) is 1. The van der Waals surface area contributed by atoms with Crippen molar-refractivity contribution in [3.8, 4) is 0 Å². The largest absolute Gasteiger partial charge is 0.466 e. The van der Waals surface area contributed by atoms with Crippen LogP contribution in [-0.4, -0.2) is 36.9 Å². The average molecular weight is 273 g/mol. The highest BCUT2D eigenvalue weighted by Crippen LogP contribution is 2.22. The van der Waals surface area contributed by atoms with Gasteiger partial charge in [0.2, 0.25) is 0 Å². The summed E-state index contributed by atoms with van der Waals surface area (Å²) < 4.78 is 4.80. The van der Waals surface area contributed by atoms with E-state index in [1.54, 1.807) is 6.92 Å². The van der Waals surface area contributed by atoms with Crippen molar-refractivity contribution in [2.75, 3.05) is 19.7 Å². The molecule has 4 nitrogen and oxygen atoms in total. The monoisotopic (exact) mass is 273 g/mol. The standard InChI is InChI=1S/C15H31NO3/c1-5-7-8-9-15(3,4)12-16-11-13(17)10-14(18)19-6-2/h13,16-17H,5-12H2,1-4H3. The SMILES string of the molecule is CCCCCC(C)(C)CNCC(O)CC(=O)OCC. The molecule has 0 rings (SSSR count). The highest BCUT2D eigenvalue weighted by molar-refractivity contribution is 5.69. The highest BCUT2D eigenvalue weighted by atomic mass is 16.5. The second-order valence-corrected chi connectivity index (χ2v) is 5.92. The van der Waals surface area contributed by atoms with Crippen LogP contribution in [0.3, 0.4) is 0 Å². The number of nitrogens with one attached hydrogen (secondary N) is 1. The summed E-state index contributed by atoms with van der Waals surface area (Å²) in [6, 6.07) is 0. The van der Waals surface area contributed by atoms with Crippen molar-refractivity contribution in [2.24, 2.45) is 5.41 Å². The van der Waals surface area contributed by atoms with E-state index < -0.39 is 6.10 Å². The molecule has 0 bridgehead atoms. The summed E-state index contributed by atoms with van der Waals surface area (Å²) in [6.07, 6.45) is 4.34. The summed E-state index contributed by atoms with van der Waals surface area (Å²) >= 11 is 0. The Morgan fingerprint density at radius 1 is 1.32 bits per heavy atom. The molecule has 0 aromatic rings. The number of rotatable bonds is 11. The van der Waals surface area contributed by atoms with Gasteiger partial charge in [-0.25, -0.2) is 0 Å². The van der Waals surface area contributed by atoms with Crippen molar-refractivity contribution in [3.05, 3.63) is 0 Å². The van der Waals surface area contributed by atoms with Gasteiger partial charge in [0.05, 0.1) is 19.1 Å². The first-order valence-corrected chi connectivity index (χ1v) is 7.45. The van der Waals surface area contributed by atoms with E-state index in [0.29, 0.717) is 13.2 Å². The molecule has 1 unspecified atom stereocenters. The Balaban J connectivity index is 3.72. The number of carbonyl (C=O) groups excluding carboxylic acids is 1. The zero-order valence-electron chi connectivity index (χ0n) is 13.0. The van der Waals surface area contributed by atoms with Gasteiger partial charge in [-0.3, -0.25) is 4.79 Å². The molecule has 0 aromatic heterocycles. The fourth-order valence-corrected chi connectivity index (χ4v) is 2.00. The lowest BCUT2D eigenvalue weighted by molar-refractivity contribution is -0.145. The molecule has 0 saturated heterocycles. The molecule has 1 atom stereocenters. The van der Waals surface area contributed by atoms with Gasteiger partial charge in [0.1, 0.15) is 0 Å². The van der Waals surface area contributed by atoms with Gasteiger partial charge >= 0.3 is 5.97 Å². The van der Waals surface area contributed by atoms with E-state index in [9.17, 15) is 9.90 Å². The van der Waals surface area contributed by atoms with Gasteiger partial charge in [-0.15, -0.1) is 0 Å². The fraction of sp³-hybridized carbons (Fsp3) is 0.933. The third-order valence-electron chi connectivity index (χ3n) is 3.15. The molecule has 19 heavy (non-hydrogen) atoms. The van der Waals surface area contributed by atoms with Gasteiger partial charge in [-0.05, 0) is 18.8 Å². The molecule has 2 N–H and O–H groups in total. The van der Waals surface area contributed by atoms with E-state index in [-0.39, 0.29) is 17.8 Å². The first kappa shape index (κ1) is 18.4. The van der Waals surface area contributed by atoms with Crippen LogP contribution < -0.4 is 5.32 Å². The average Bonchev–Trinajstić information content (AvgIpc) is 2.28. The van der Waals surface area contributed by atoms with E-state index in [4.69, 9.17) is 4.74 Å².